The summed E-state index contributed by atoms with van der Waals surface area (Å²) in [5, 5.41) is 3.07. The third-order valence-electron chi connectivity index (χ3n) is 4.14. The molecule has 2 aliphatic rings. The van der Waals surface area contributed by atoms with Gasteiger partial charge in [0, 0.05) is 25.9 Å². The van der Waals surface area contributed by atoms with Crippen molar-refractivity contribution in [2.75, 3.05) is 26.4 Å². The second-order valence-electron chi connectivity index (χ2n) is 5.80. The first-order chi connectivity index (χ1) is 10.8. The van der Waals surface area contributed by atoms with Crippen molar-refractivity contribution in [3.8, 4) is 5.75 Å². The second-order valence-corrected chi connectivity index (χ2v) is 5.80. The van der Waals surface area contributed by atoms with Gasteiger partial charge in [-0.05, 0) is 37.8 Å². The van der Waals surface area contributed by atoms with Gasteiger partial charge >= 0.3 is 0 Å². The van der Waals surface area contributed by atoms with Crippen LogP contribution < -0.4 is 10.1 Å². The molecule has 1 amide bonds. The summed E-state index contributed by atoms with van der Waals surface area (Å²) in [6.45, 7) is 2.73. The lowest BCUT2D eigenvalue weighted by Crippen LogP contribution is -2.39. The lowest BCUT2D eigenvalue weighted by Gasteiger charge is -2.23. The summed E-state index contributed by atoms with van der Waals surface area (Å²) in [6.07, 6.45) is 3.98. The molecular weight excluding hydrogens is 282 g/mol. The highest BCUT2D eigenvalue weighted by Gasteiger charge is 2.21. The predicted molar refractivity (Wildman–Crippen MR) is 82.2 cm³/mol. The average Bonchev–Trinajstić information content (AvgIpc) is 3.07. The van der Waals surface area contributed by atoms with E-state index < -0.39 is 0 Å². The molecule has 0 aliphatic carbocycles. The maximum Gasteiger partial charge on any atom is 0.255 e. The Morgan fingerprint density at radius 3 is 2.77 bits per heavy atom. The minimum Gasteiger partial charge on any atom is -0.490 e. The van der Waals surface area contributed by atoms with Crippen molar-refractivity contribution < 1.29 is 19.0 Å². The number of carbonyl (C=O) groups is 1. The van der Waals surface area contributed by atoms with Crippen LogP contribution in [-0.2, 0) is 9.47 Å². The monoisotopic (exact) mass is 305 g/mol. The highest BCUT2D eigenvalue weighted by atomic mass is 16.5. The van der Waals surface area contributed by atoms with Crippen LogP contribution in [0.25, 0.3) is 0 Å². The van der Waals surface area contributed by atoms with Gasteiger partial charge in [-0.15, -0.1) is 0 Å². The molecule has 2 heterocycles. The first-order valence-corrected chi connectivity index (χ1v) is 8.05. The van der Waals surface area contributed by atoms with Crippen molar-refractivity contribution in [1.29, 1.82) is 0 Å². The normalized spacial score (nSPS) is 22.5. The van der Waals surface area contributed by atoms with Crippen LogP contribution in [0.3, 0.4) is 0 Å². The highest BCUT2D eigenvalue weighted by Crippen LogP contribution is 2.21. The van der Waals surface area contributed by atoms with Crippen LogP contribution in [-0.4, -0.2) is 44.5 Å². The van der Waals surface area contributed by atoms with Gasteiger partial charge < -0.3 is 19.5 Å². The van der Waals surface area contributed by atoms with Gasteiger partial charge in [-0.1, -0.05) is 12.1 Å². The number of hydrogen-bond donors (Lipinski definition) is 1. The average molecular weight is 305 g/mol. The summed E-state index contributed by atoms with van der Waals surface area (Å²) in [5.41, 5.74) is 0.590. The molecule has 1 unspecified atom stereocenters. The number of ether oxygens (including phenoxy) is 3. The quantitative estimate of drug-likeness (QED) is 0.905. The summed E-state index contributed by atoms with van der Waals surface area (Å²) in [5.74, 6) is 0.553. The minimum absolute atomic E-state index is 0.0742. The number of hydrogen-bond acceptors (Lipinski definition) is 4. The lowest BCUT2D eigenvalue weighted by molar-refractivity contribution is 0.0650. The Balaban J connectivity index is 1.60. The van der Waals surface area contributed by atoms with Gasteiger partial charge in [0.15, 0.2) is 0 Å². The molecule has 1 N–H and O–H groups in total. The SMILES string of the molecule is O=C(NC1CCOCC1)c1ccccc1OCC1CCCO1. The topological polar surface area (TPSA) is 56.8 Å². The molecule has 1 atom stereocenters. The fourth-order valence-electron chi connectivity index (χ4n) is 2.84. The minimum atomic E-state index is -0.0742. The van der Waals surface area contributed by atoms with Crippen molar-refractivity contribution in [1.82, 2.24) is 5.32 Å². The van der Waals surface area contributed by atoms with Crippen molar-refractivity contribution in [3.63, 3.8) is 0 Å². The third kappa shape index (κ3) is 3.99. The molecular formula is C17H23NO4. The number of carbonyl (C=O) groups excluding carboxylic acids is 1. The Bertz CT molecular complexity index is 493. The van der Waals surface area contributed by atoms with E-state index in [1.54, 1.807) is 6.07 Å². The zero-order valence-corrected chi connectivity index (χ0v) is 12.8. The van der Waals surface area contributed by atoms with Crippen LogP contribution in [0.15, 0.2) is 24.3 Å². The van der Waals surface area contributed by atoms with Crippen LogP contribution in [0.2, 0.25) is 0 Å². The van der Waals surface area contributed by atoms with E-state index >= 15 is 0 Å². The van der Waals surface area contributed by atoms with Gasteiger partial charge in [0.1, 0.15) is 12.4 Å². The van der Waals surface area contributed by atoms with Gasteiger partial charge in [0.05, 0.1) is 11.7 Å². The summed E-state index contributed by atoms with van der Waals surface area (Å²) in [7, 11) is 0. The Hall–Kier alpha value is -1.59. The number of benzene rings is 1. The fraction of sp³-hybridized carbons (Fsp3) is 0.588. The van der Waals surface area contributed by atoms with E-state index in [1.807, 2.05) is 18.2 Å². The molecule has 0 saturated carbocycles. The molecule has 0 spiro atoms. The summed E-state index contributed by atoms with van der Waals surface area (Å²) < 4.78 is 16.7. The Morgan fingerprint density at radius 2 is 2.00 bits per heavy atom. The van der Waals surface area contributed by atoms with Crippen LogP contribution in [0.4, 0.5) is 0 Å². The Morgan fingerprint density at radius 1 is 1.18 bits per heavy atom. The molecule has 1 aromatic carbocycles. The third-order valence-corrected chi connectivity index (χ3v) is 4.14. The van der Waals surface area contributed by atoms with E-state index in [2.05, 4.69) is 5.32 Å². The van der Waals surface area contributed by atoms with Crippen molar-refractivity contribution in [3.05, 3.63) is 29.8 Å². The largest absolute Gasteiger partial charge is 0.490 e. The molecule has 2 fully saturated rings. The summed E-state index contributed by atoms with van der Waals surface area (Å²) in [4.78, 5) is 12.5. The molecule has 3 rings (SSSR count). The fourth-order valence-corrected chi connectivity index (χ4v) is 2.84. The molecule has 22 heavy (non-hydrogen) atoms. The maximum atomic E-state index is 12.5. The van der Waals surface area contributed by atoms with Crippen LogP contribution in [0.5, 0.6) is 5.75 Å². The molecule has 5 heteroatoms. The molecule has 120 valence electrons. The van der Waals surface area contributed by atoms with Gasteiger partial charge in [0.25, 0.3) is 5.91 Å². The van der Waals surface area contributed by atoms with Crippen LogP contribution in [0, 0.1) is 0 Å². The van der Waals surface area contributed by atoms with Crippen molar-refractivity contribution in [2.45, 2.75) is 37.8 Å². The second kappa shape index (κ2) is 7.61. The number of amides is 1. The first kappa shape index (κ1) is 15.3. The Kier molecular flexibility index (Phi) is 5.29. The van der Waals surface area contributed by atoms with Gasteiger partial charge in [-0.3, -0.25) is 4.79 Å². The smallest absolute Gasteiger partial charge is 0.255 e. The highest BCUT2D eigenvalue weighted by molar-refractivity contribution is 5.97. The zero-order chi connectivity index (χ0) is 15.2. The zero-order valence-electron chi connectivity index (χ0n) is 12.8. The molecule has 0 radical (unpaired) electrons. The molecule has 5 nitrogen and oxygen atoms in total. The van der Waals surface area contributed by atoms with Gasteiger partial charge in [-0.25, -0.2) is 0 Å². The van der Waals surface area contributed by atoms with Gasteiger partial charge in [0.2, 0.25) is 0 Å². The number of para-hydroxylation sites is 1. The van der Waals surface area contributed by atoms with Crippen LogP contribution >= 0.6 is 0 Å². The van der Waals surface area contributed by atoms with Crippen LogP contribution in [0.1, 0.15) is 36.0 Å². The van der Waals surface area contributed by atoms with Crippen molar-refractivity contribution >= 4 is 5.91 Å². The number of nitrogens with one attached hydrogen (secondary N) is 1. The van der Waals surface area contributed by atoms with Gasteiger partial charge in [-0.2, -0.15) is 0 Å². The van der Waals surface area contributed by atoms with E-state index in [9.17, 15) is 4.79 Å². The molecule has 2 saturated heterocycles. The van der Waals surface area contributed by atoms with E-state index in [-0.39, 0.29) is 18.1 Å². The summed E-state index contributed by atoms with van der Waals surface area (Å²) in [6, 6.07) is 7.58. The first-order valence-electron chi connectivity index (χ1n) is 8.05. The molecule has 0 aromatic heterocycles. The molecule has 1 aromatic rings. The predicted octanol–water partition coefficient (Wildman–Crippen LogP) is 2.15. The molecule has 0 bridgehead atoms. The summed E-state index contributed by atoms with van der Waals surface area (Å²) >= 11 is 0. The van der Waals surface area contributed by atoms with E-state index in [0.717, 1.165) is 32.3 Å². The van der Waals surface area contributed by atoms with Crippen molar-refractivity contribution in [2.24, 2.45) is 0 Å². The standard InChI is InChI=1S/C17H23NO4/c19-17(18-13-7-10-20-11-8-13)15-5-1-2-6-16(15)22-12-14-4-3-9-21-14/h1-2,5-6,13-14H,3-4,7-12H2,(H,18,19). The lowest BCUT2D eigenvalue weighted by atomic mass is 10.1. The maximum absolute atomic E-state index is 12.5. The molecule has 2 aliphatic heterocycles. The van der Waals surface area contributed by atoms with E-state index in [0.29, 0.717) is 31.1 Å². The Labute approximate surface area is 130 Å². The van der Waals surface area contributed by atoms with E-state index in [4.69, 9.17) is 14.2 Å². The number of rotatable bonds is 5. The van der Waals surface area contributed by atoms with E-state index in [1.165, 1.54) is 0 Å².